The quantitative estimate of drug-likeness (QED) is 0.859. The second kappa shape index (κ2) is 6.91. The molecule has 0 saturated carbocycles. The zero-order valence-corrected chi connectivity index (χ0v) is 11.7. The molecule has 18 heavy (non-hydrogen) atoms. The molecule has 1 aromatic rings. The lowest BCUT2D eigenvalue weighted by molar-refractivity contribution is 0.142. The fraction of sp³-hybridized carbons (Fsp3) is 0.625. The van der Waals surface area contributed by atoms with Crippen LogP contribution in [0.25, 0.3) is 0 Å². The Labute approximate surface area is 111 Å². The maximum atomic E-state index is 3.52. The zero-order valence-electron chi connectivity index (χ0n) is 11.7. The molecular weight excluding hydrogens is 220 g/mol. The third kappa shape index (κ3) is 3.56. The Bertz CT molecular complexity index is 330. The molecule has 0 aliphatic carbocycles. The maximum absolute atomic E-state index is 3.52. The summed E-state index contributed by atoms with van der Waals surface area (Å²) >= 11 is 0. The highest BCUT2D eigenvalue weighted by atomic mass is 15.2. The normalized spacial score (nSPS) is 22.1. The highest BCUT2D eigenvalue weighted by Gasteiger charge is 2.23. The fourth-order valence-electron chi connectivity index (χ4n) is 2.94. The van der Waals surface area contributed by atoms with E-state index in [9.17, 15) is 0 Å². The Hall–Kier alpha value is -0.860. The molecule has 1 saturated heterocycles. The highest BCUT2D eigenvalue weighted by Crippen LogP contribution is 2.17. The van der Waals surface area contributed by atoms with Crippen LogP contribution in [0, 0.1) is 0 Å². The number of benzene rings is 1. The predicted octanol–water partition coefficient (Wildman–Crippen LogP) is 2.69. The summed E-state index contributed by atoms with van der Waals surface area (Å²) in [6.45, 7) is 4.65. The van der Waals surface area contributed by atoms with Crippen molar-refractivity contribution in [2.75, 3.05) is 20.1 Å². The molecule has 1 fully saturated rings. The summed E-state index contributed by atoms with van der Waals surface area (Å²) in [7, 11) is 2.30. The molecule has 0 spiro atoms. The zero-order chi connectivity index (χ0) is 12.8. The summed E-state index contributed by atoms with van der Waals surface area (Å²) in [6.07, 6.45) is 5.05. The lowest BCUT2D eigenvalue weighted by Gasteiger charge is -2.37. The summed E-state index contributed by atoms with van der Waals surface area (Å²) in [5, 5.41) is 3.52. The van der Waals surface area contributed by atoms with E-state index in [2.05, 4.69) is 54.5 Å². The molecule has 2 atom stereocenters. The smallest absolute Gasteiger partial charge is 0.0221 e. The molecule has 0 bridgehead atoms. The van der Waals surface area contributed by atoms with Gasteiger partial charge in [-0.1, -0.05) is 37.3 Å². The Morgan fingerprint density at radius 2 is 2.11 bits per heavy atom. The third-order valence-corrected chi connectivity index (χ3v) is 4.21. The van der Waals surface area contributed by atoms with E-state index in [1.54, 1.807) is 0 Å². The van der Waals surface area contributed by atoms with E-state index in [0.29, 0.717) is 12.1 Å². The number of nitrogens with zero attached hydrogens (tertiary/aromatic N) is 1. The number of hydrogen-bond donors (Lipinski definition) is 1. The molecule has 2 heteroatoms. The van der Waals surface area contributed by atoms with Crippen molar-refractivity contribution in [1.29, 1.82) is 0 Å². The van der Waals surface area contributed by atoms with E-state index in [1.165, 1.54) is 37.8 Å². The minimum Gasteiger partial charge on any atom is -0.315 e. The molecule has 1 N–H and O–H groups in total. The first-order valence-electron chi connectivity index (χ1n) is 7.28. The van der Waals surface area contributed by atoms with Crippen molar-refractivity contribution in [1.82, 2.24) is 10.2 Å². The lowest BCUT2D eigenvalue weighted by Crippen LogP contribution is -2.48. The Morgan fingerprint density at radius 1 is 1.33 bits per heavy atom. The Morgan fingerprint density at radius 3 is 2.72 bits per heavy atom. The fourth-order valence-corrected chi connectivity index (χ4v) is 2.94. The van der Waals surface area contributed by atoms with E-state index >= 15 is 0 Å². The van der Waals surface area contributed by atoms with Crippen LogP contribution in [0.5, 0.6) is 0 Å². The van der Waals surface area contributed by atoms with Gasteiger partial charge in [0, 0.05) is 18.6 Å². The van der Waals surface area contributed by atoms with Gasteiger partial charge in [-0.15, -0.1) is 0 Å². The second-order valence-corrected chi connectivity index (χ2v) is 5.42. The number of nitrogens with one attached hydrogen (secondary N) is 1. The van der Waals surface area contributed by atoms with Crippen molar-refractivity contribution in [3.63, 3.8) is 0 Å². The van der Waals surface area contributed by atoms with Gasteiger partial charge < -0.3 is 5.32 Å². The van der Waals surface area contributed by atoms with E-state index in [4.69, 9.17) is 0 Å². The molecule has 2 unspecified atom stereocenters. The van der Waals surface area contributed by atoms with Crippen molar-refractivity contribution in [3.8, 4) is 0 Å². The molecule has 1 aliphatic rings. The van der Waals surface area contributed by atoms with Crippen LogP contribution in [0.2, 0.25) is 0 Å². The second-order valence-electron chi connectivity index (χ2n) is 5.42. The van der Waals surface area contributed by atoms with Crippen LogP contribution in [-0.2, 0) is 6.42 Å². The van der Waals surface area contributed by atoms with Crippen LogP contribution < -0.4 is 5.32 Å². The summed E-state index contributed by atoms with van der Waals surface area (Å²) in [6, 6.07) is 12.3. The van der Waals surface area contributed by atoms with Gasteiger partial charge in [0.25, 0.3) is 0 Å². The lowest BCUT2D eigenvalue weighted by atomic mass is 9.98. The van der Waals surface area contributed by atoms with Crippen LogP contribution in [0.1, 0.15) is 31.7 Å². The molecule has 100 valence electrons. The Balaban J connectivity index is 1.94. The van der Waals surface area contributed by atoms with Gasteiger partial charge >= 0.3 is 0 Å². The average Bonchev–Trinajstić information content (AvgIpc) is 2.46. The summed E-state index contributed by atoms with van der Waals surface area (Å²) in [5.74, 6) is 0. The van der Waals surface area contributed by atoms with Crippen molar-refractivity contribution < 1.29 is 0 Å². The third-order valence-electron chi connectivity index (χ3n) is 4.21. The number of piperidine rings is 1. The minimum absolute atomic E-state index is 0.664. The topological polar surface area (TPSA) is 15.3 Å². The van der Waals surface area contributed by atoms with E-state index in [-0.39, 0.29) is 0 Å². The van der Waals surface area contributed by atoms with Gasteiger partial charge in [-0.3, -0.25) is 4.90 Å². The minimum atomic E-state index is 0.664. The van der Waals surface area contributed by atoms with Crippen LogP contribution in [0.15, 0.2) is 30.3 Å². The molecule has 1 aliphatic heterocycles. The predicted molar refractivity (Wildman–Crippen MR) is 77.9 cm³/mol. The molecule has 0 aromatic heterocycles. The molecule has 0 amide bonds. The van der Waals surface area contributed by atoms with Gasteiger partial charge in [0.2, 0.25) is 0 Å². The van der Waals surface area contributed by atoms with Crippen LogP contribution in [0.4, 0.5) is 0 Å². The first kappa shape index (κ1) is 13.6. The van der Waals surface area contributed by atoms with Crippen LogP contribution >= 0.6 is 0 Å². The summed E-state index contributed by atoms with van der Waals surface area (Å²) in [5.41, 5.74) is 1.46. The first-order chi connectivity index (χ1) is 8.81. The maximum Gasteiger partial charge on any atom is 0.0221 e. The number of rotatable bonds is 5. The first-order valence-corrected chi connectivity index (χ1v) is 7.28. The molecule has 1 aromatic carbocycles. The van der Waals surface area contributed by atoms with Gasteiger partial charge in [0.05, 0.1) is 0 Å². The largest absolute Gasteiger partial charge is 0.315 e. The van der Waals surface area contributed by atoms with Crippen molar-refractivity contribution in [3.05, 3.63) is 35.9 Å². The standard InChI is InChI=1S/C16H26N2/c1-3-15(12-14-8-5-4-6-9-14)18(2)16-10-7-11-17-13-16/h4-6,8-9,15-17H,3,7,10-13H2,1-2H3. The van der Waals surface area contributed by atoms with Gasteiger partial charge in [0.15, 0.2) is 0 Å². The van der Waals surface area contributed by atoms with E-state index in [0.717, 1.165) is 6.54 Å². The van der Waals surface area contributed by atoms with Crippen molar-refractivity contribution in [2.45, 2.75) is 44.7 Å². The molecule has 0 radical (unpaired) electrons. The summed E-state index contributed by atoms with van der Waals surface area (Å²) < 4.78 is 0. The van der Waals surface area contributed by atoms with E-state index < -0.39 is 0 Å². The van der Waals surface area contributed by atoms with Gasteiger partial charge in [-0.05, 0) is 44.8 Å². The summed E-state index contributed by atoms with van der Waals surface area (Å²) in [4.78, 5) is 2.60. The molecule has 1 heterocycles. The van der Waals surface area contributed by atoms with Gasteiger partial charge in [0.1, 0.15) is 0 Å². The number of likely N-dealkylation sites (N-methyl/N-ethyl adjacent to an activating group) is 1. The SMILES string of the molecule is CCC(Cc1ccccc1)N(C)C1CCCNC1. The van der Waals surface area contributed by atoms with Crippen LogP contribution in [-0.4, -0.2) is 37.1 Å². The van der Waals surface area contributed by atoms with Gasteiger partial charge in [-0.2, -0.15) is 0 Å². The highest BCUT2D eigenvalue weighted by molar-refractivity contribution is 5.16. The molecular formula is C16H26N2. The van der Waals surface area contributed by atoms with Crippen molar-refractivity contribution >= 4 is 0 Å². The van der Waals surface area contributed by atoms with Crippen molar-refractivity contribution in [2.24, 2.45) is 0 Å². The Kier molecular flexibility index (Phi) is 5.21. The van der Waals surface area contributed by atoms with Crippen LogP contribution in [0.3, 0.4) is 0 Å². The molecule has 2 nitrogen and oxygen atoms in total. The average molecular weight is 246 g/mol. The van der Waals surface area contributed by atoms with E-state index in [1.807, 2.05) is 0 Å². The van der Waals surface area contributed by atoms with Gasteiger partial charge in [-0.25, -0.2) is 0 Å². The molecule has 2 rings (SSSR count). The monoisotopic (exact) mass is 246 g/mol. The number of hydrogen-bond acceptors (Lipinski definition) is 2.